The first kappa shape index (κ1) is 9.87. The van der Waals surface area contributed by atoms with E-state index in [0.717, 1.165) is 0 Å². The molecule has 1 unspecified atom stereocenters. The second-order valence-electron chi connectivity index (χ2n) is 3.34. The first-order chi connectivity index (χ1) is 5.42. The van der Waals surface area contributed by atoms with Gasteiger partial charge in [0.1, 0.15) is 10.1 Å². The zero-order chi connectivity index (χ0) is 9.35. The fourth-order valence-electron chi connectivity index (χ4n) is 1.25. The van der Waals surface area contributed by atoms with Gasteiger partial charge in [0.15, 0.2) is 0 Å². The van der Waals surface area contributed by atoms with Crippen LogP contribution in [0.25, 0.3) is 0 Å². The molecule has 1 aliphatic rings. The molecule has 0 aromatic heterocycles. The number of hydrogen-bond acceptors (Lipinski definition) is 2. The highest BCUT2D eigenvalue weighted by molar-refractivity contribution is 6.55. The number of rotatable bonds is 1. The predicted molar refractivity (Wildman–Crippen MR) is 48.1 cm³/mol. The molecule has 0 N–H and O–H groups in total. The monoisotopic (exact) mass is 208 g/mol. The van der Waals surface area contributed by atoms with Gasteiger partial charge in [-0.25, -0.2) is 0 Å². The van der Waals surface area contributed by atoms with E-state index in [1.54, 1.807) is 6.08 Å². The van der Waals surface area contributed by atoms with Crippen molar-refractivity contribution in [2.24, 2.45) is 5.92 Å². The molecule has 1 rings (SSSR count). The smallest absolute Gasteiger partial charge is 0.307 e. The van der Waals surface area contributed by atoms with Crippen LogP contribution in [0.4, 0.5) is 0 Å². The molecule has 0 spiro atoms. The van der Waals surface area contributed by atoms with E-state index in [0.29, 0.717) is 6.42 Å². The molecule has 0 bridgehead atoms. The van der Waals surface area contributed by atoms with Crippen molar-refractivity contribution in [3.8, 4) is 0 Å². The molecule has 2 nitrogen and oxygen atoms in total. The largest absolute Gasteiger partial charge is 0.459 e. The van der Waals surface area contributed by atoms with E-state index in [-0.39, 0.29) is 16.4 Å². The Balaban J connectivity index is 2.78. The van der Waals surface area contributed by atoms with Gasteiger partial charge in [-0.2, -0.15) is 0 Å². The summed E-state index contributed by atoms with van der Waals surface area (Å²) in [6, 6.07) is 0. The van der Waals surface area contributed by atoms with Gasteiger partial charge >= 0.3 is 5.97 Å². The van der Waals surface area contributed by atoms with Crippen LogP contribution in [-0.4, -0.2) is 11.6 Å². The van der Waals surface area contributed by atoms with Crippen molar-refractivity contribution < 1.29 is 9.53 Å². The average molecular weight is 209 g/mol. The summed E-state index contributed by atoms with van der Waals surface area (Å²) in [5.74, 6) is -0.217. The Hall–Kier alpha value is -0.210. The van der Waals surface area contributed by atoms with Crippen LogP contribution in [0.5, 0.6) is 0 Å². The topological polar surface area (TPSA) is 26.3 Å². The molecule has 1 saturated heterocycles. The Kier molecular flexibility index (Phi) is 2.69. The Bertz CT molecular complexity index is 229. The molecule has 1 fully saturated rings. The first-order valence-electron chi connectivity index (χ1n) is 3.66. The molecule has 0 aliphatic carbocycles. The van der Waals surface area contributed by atoms with E-state index in [1.165, 1.54) is 0 Å². The maximum absolute atomic E-state index is 10.9. The van der Waals surface area contributed by atoms with Crippen LogP contribution < -0.4 is 0 Å². The minimum atomic E-state index is -0.480. The highest BCUT2D eigenvalue weighted by Crippen LogP contribution is 2.34. The maximum Gasteiger partial charge on any atom is 0.307 e. The predicted octanol–water partition coefficient (Wildman–Crippen LogP) is 2.65. The van der Waals surface area contributed by atoms with E-state index < -0.39 is 5.60 Å². The van der Waals surface area contributed by atoms with Crippen LogP contribution in [0.3, 0.4) is 0 Å². The average Bonchev–Trinajstić information content (AvgIpc) is 2.04. The molecule has 0 aromatic rings. The second kappa shape index (κ2) is 3.27. The molecule has 0 saturated carbocycles. The molecule has 4 heteroatoms. The van der Waals surface area contributed by atoms with Gasteiger partial charge < -0.3 is 4.74 Å². The van der Waals surface area contributed by atoms with Crippen molar-refractivity contribution in [3.05, 3.63) is 10.6 Å². The number of cyclic esters (lactones) is 1. The normalized spacial score (nSPS) is 26.7. The van der Waals surface area contributed by atoms with Crippen molar-refractivity contribution in [2.45, 2.75) is 25.9 Å². The maximum atomic E-state index is 10.9. The third kappa shape index (κ3) is 2.14. The molecule has 0 amide bonds. The molecule has 68 valence electrons. The number of esters is 1. The number of halogens is 2. The number of carbonyl (C=O) groups is 1. The van der Waals surface area contributed by atoms with Gasteiger partial charge in [0.2, 0.25) is 0 Å². The lowest BCUT2D eigenvalue weighted by Crippen LogP contribution is -2.26. The Morgan fingerprint density at radius 3 is 2.58 bits per heavy atom. The Morgan fingerprint density at radius 1 is 1.67 bits per heavy atom. The minimum absolute atomic E-state index is 0.0185. The van der Waals surface area contributed by atoms with Crippen LogP contribution in [-0.2, 0) is 9.53 Å². The molecule has 12 heavy (non-hydrogen) atoms. The highest BCUT2D eigenvalue weighted by atomic mass is 35.5. The van der Waals surface area contributed by atoms with E-state index in [4.69, 9.17) is 27.9 Å². The van der Waals surface area contributed by atoms with Gasteiger partial charge in [-0.1, -0.05) is 23.2 Å². The Morgan fingerprint density at radius 2 is 2.25 bits per heavy atom. The summed E-state index contributed by atoms with van der Waals surface area (Å²) < 4.78 is 5.25. The standard InChI is InChI=1S/C8H10Cl2O2/c1-8(2)5(3-6(9)10)4-7(11)12-8/h3,5H,4H2,1-2H3. The van der Waals surface area contributed by atoms with Crippen molar-refractivity contribution in [1.29, 1.82) is 0 Å². The van der Waals surface area contributed by atoms with Crippen molar-refractivity contribution in [1.82, 2.24) is 0 Å². The Labute approximate surface area is 81.5 Å². The molecule has 0 aromatic carbocycles. The van der Waals surface area contributed by atoms with Gasteiger partial charge in [-0.15, -0.1) is 0 Å². The van der Waals surface area contributed by atoms with Crippen LogP contribution in [0.1, 0.15) is 20.3 Å². The van der Waals surface area contributed by atoms with Crippen molar-refractivity contribution >= 4 is 29.2 Å². The number of hydrogen-bond donors (Lipinski definition) is 0. The van der Waals surface area contributed by atoms with Gasteiger partial charge in [-0.3, -0.25) is 4.79 Å². The summed E-state index contributed by atoms with van der Waals surface area (Å²) in [5.41, 5.74) is -0.480. The SMILES string of the molecule is CC1(C)OC(=O)CC1C=C(Cl)Cl. The zero-order valence-corrected chi connectivity index (χ0v) is 8.45. The lowest BCUT2D eigenvalue weighted by Gasteiger charge is -2.21. The third-order valence-electron chi connectivity index (χ3n) is 1.98. The van der Waals surface area contributed by atoms with Gasteiger partial charge in [0, 0.05) is 5.92 Å². The number of ether oxygens (including phenoxy) is 1. The van der Waals surface area contributed by atoms with Crippen LogP contribution in [0.2, 0.25) is 0 Å². The number of carbonyl (C=O) groups excluding carboxylic acids is 1. The zero-order valence-electron chi connectivity index (χ0n) is 6.93. The summed E-state index contributed by atoms with van der Waals surface area (Å²) in [4.78, 5) is 10.9. The quantitative estimate of drug-likeness (QED) is 0.620. The lowest BCUT2D eigenvalue weighted by atomic mass is 9.91. The van der Waals surface area contributed by atoms with E-state index in [9.17, 15) is 4.79 Å². The second-order valence-corrected chi connectivity index (χ2v) is 4.35. The fourth-order valence-corrected chi connectivity index (χ4v) is 1.55. The van der Waals surface area contributed by atoms with Crippen molar-refractivity contribution in [3.63, 3.8) is 0 Å². The first-order valence-corrected chi connectivity index (χ1v) is 4.42. The van der Waals surface area contributed by atoms with Gasteiger partial charge in [0.05, 0.1) is 6.42 Å². The van der Waals surface area contributed by atoms with E-state index in [2.05, 4.69) is 0 Å². The molecule has 1 heterocycles. The van der Waals surface area contributed by atoms with E-state index >= 15 is 0 Å². The van der Waals surface area contributed by atoms with Gasteiger partial charge in [-0.05, 0) is 19.9 Å². The third-order valence-corrected chi connectivity index (χ3v) is 2.24. The lowest BCUT2D eigenvalue weighted by molar-refractivity contribution is -0.146. The van der Waals surface area contributed by atoms with Gasteiger partial charge in [0.25, 0.3) is 0 Å². The molecule has 0 radical (unpaired) electrons. The summed E-state index contributed by atoms with van der Waals surface area (Å²) >= 11 is 11.0. The van der Waals surface area contributed by atoms with Crippen LogP contribution >= 0.6 is 23.2 Å². The molecule has 1 atom stereocenters. The summed E-state index contributed by atoms with van der Waals surface area (Å²) in [5, 5.41) is 0. The summed E-state index contributed by atoms with van der Waals surface area (Å²) in [7, 11) is 0. The molecular formula is C8H10Cl2O2. The highest BCUT2D eigenvalue weighted by Gasteiger charge is 2.40. The molecular weight excluding hydrogens is 199 g/mol. The minimum Gasteiger partial charge on any atom is -0.459 e. The van der Waals surface area contributed by atoms with Crippen LogP contribution in [0, 0.1) is 5.92 Å². The van der Waals surface area contributed by atoms with Crippen LogP contribution in [0.15, 0.2) is 10.6 Å². The fraction of sp³-hybridized carbons (Fsp3) is 0.625. The summed E-state index contributed by atoms with van der Waals surface area (Å²) in [6.07, 6.45) is 2.00. The van der Waals surface area contributed by atoms with E-state index in [1.807, 2.05) is 13.8 Å². The summed E-state index contributed by atoms with van der Waals surface area (Å²) in [6.45, 7) is 3.69. The van der Waals surface area contributed by atoms with Crippen molar-refractivity contribution in [2.75, 3.05) is 0 Å². The molecule has 1 aliphatic heterocycles.